The van der Waals surface area contributed by atoms with Crippen LogP contribution in [0.3, 0.4) is 0 Å². The lowest BCUT2D eigenvalue weighted by molar-refractivity contribution is -0.135. The number of methoxy groups -OCH3 is 2. The van der Waals surface area contributed by atoms with Crippen LogP contribution in [0.15, 0.2) is 18.2 Å². The van der Waals surface area contributed by atoms with E-state index in [0.717, 1.165) is 18.4 Å². The molecule has 148 valence electrons. The fourth-order valence-corrected chi connectivity index (χ4v) is 6.48. The number of rotatable bonds is 6. The van der Waals surface area contributed by atoms with Crippen LogP contribution < -0.4 is 14.8 Å². The van der Waals surface area contributed by atoms with E-state index in [9.17, 15) is 9.59 Å². The molecule has 3 rings (SSSR count). The van der Waals surface area contributed by atoms with Crippen molar-refractivity contribution in [3.63, 3.8) is 0 Å². The van der Waals surface area contributed by atoms with Crippen LogP contribution in [0.4, 0.5) is 0 Å². The topological polar surface area (TPSA) is 64.6 Å². The van der Waals surface area contributed by atoms with Crippen molar-refractivity contribution in [2.24, 2.45) is 16.2 Å². The number of hydrogen-bond acceptors (Lipinski definition) is 4. The van der Waals surface area contributed by atoms with Gasteiger partial charge in [0, 0.05) is 12.0 Å². The number of fused-ring (bicyclic) bond motifs is 2. The zero-order valence-electron chi connectivity index (χ0n) is 16.6. The summed E-state index contributed by atoms with van der Waals surface area (Å²) in [7, 11) is 3.21. The highest BCUT2D eigenvalue weighted by Crippen LogP contribution is 2.72. The van der Waals surface area contributed by atoms with Crippen molar-refractivity contribution >= 4 is 27.6 Å². The average molecular weight is 438 g/mol. The predicted octanol–water partition coefficient (Wildman–Crippen LogP) is 3.52. The molecule has 1 aromatic carbocycles. The Morgan fingerprint density at radius 1 is 1.19 bits per heavy atom. The first-order valence-electron chi connectivity index (χ1n) is 9.33. The molecule has 0 aliphatic heterocycles. The van der Waals surface area contributed by atoms with E-state index in [-0.39, 0.29) is 17.1 Å². The van der Waals surface area contributed by atoms with Crippen molar-refractivity contribution in [1.82, 2.24) is 5.32 Å². The van der Waals surface area contributed by atoms with Gasteiger partial charge in [-0.3, -0.25) is 9.59 Å². The molecule has 0 spiro atoms. The summed E-state index contributed by atoms with van der Waals surface area (Å²) in [6.45, 7) is 6.65. The van der Waals surface area contributed by atoms with Crippen molar-refractivity contribution in [2.75, 3.05) is 20.8 Å². The monoisotopic (exact) mass is 437 g/mol. The number of amides is 1. The van der Waals surface area contributed by atoms with Crippen molar-refractivity contribution in [1.29, 1.82) is 0 Å². The lowest BCUT2D eigenvalue weighted by Crippen LogP contribution is -2.51. The van der Waals surface area contributed by atoms with E-state index in [4.69, 9.17) is 9.47 Å². The maximum absolute atomic E-state index is 13.2. The van der Waals surface area contributed by atoms with Gasteiger partial charge in [0.1, 0.15) is 0 Å². The summed E-state index contributed by atoms with van der Waals surface area (Å²) in [6, 6.07) is 5.76. The molecule has 0 radical (unpaired) electrons. The fourth-order valence-electron chi connectivity index (χ4n) is 4.97. The Kier molecular flexibility index (Phi) is 5.08. The minimum absolute atomic E-state index is 0.0237. The van der Waals surface area contributed by atoms with Gasteiger partial charge in [0.2, 0.25) is 5.91 Å². The molecule has 0 unspecified atom stereocenters. The maximum Gasteiger partial charge on any atom is 0.228 e. The Bertz CT molecular complexity index is 777. The van der Waals surface area contributed by atoms with Gasteiger partial charge in [0.25, 0.3) is 0 Å². The van der Waals surface area contributed by atoms with Crippen LogP contribution in [-0.2, 0) is 16.0 Å². The Labute approximate surface area is 169 Å². The van der Waals surface area contributed by atoms with Crippen molar-refractivity contribution < 1.29 is 19.1 Å². The Hall–Kier alpha value is -1.56. The van der Waals surface area contributed by atoms with Gasteiger partial charge in [-0.2, -0.15) is 0 Å². The average Bonchev–Trinajstić information content (AvgIpc) is 2.93. The molecule has 0 aromatic heterocycles. The smallest absolute Gasteiger partial charge is 0.228 e. The molecule has 1 amide bonds. The molecular weight excluding hydrogens is 410 g/mol. The molecule has 2 fully saturated rings. The third kappa shape index (κ3) is 2.63. The molecule has 6 heteroatoms. The molecule has 5 nitrogen and oxygen atoms in total. The number of ether oxygens (including phenoxy) is 2. The molecule has 0 saturated heterocycles. The minimum Gasteiger partial charge on any atom is -0.493 e. The van der Waals surface area contributed by atoms with Gasteiger partial charge < -0.3 is 14.8 Å². The van der Waals surface area contributed by atoms with Crippen LogP contribution in [0.25, 0.3) is 0 Å². The van der Waals surface area contributed by atoms with Gasteiger partial charge in [-0.15, -0.1) is 0 Å². The van der Waals surface area contributed by atoms with Crippen molar-refractivity contribution in [3.05, 3.63) is 23.8 Å². The largest absolute Gasteiger partial charge is 0.493 e. The van der Waals surface area contributed by atoms with Gasteiger partial charge in [-0.1, -0.05) is 42.8 Å². The van der Waals surface area contributed by atoms with E-state index in [1.54, 1.807) is 14.2 Å². The summed E-state index contributed by atoms with van der Waals surface area (Å²) in [5, 5.41) is 3.09. The van der Waals surface area contributed by atoms with E-state index in [1.165, 1.54) is 0 Å². The van der Waals surface area contributed by atoms with Gasteiger partial charge >= 0.3 is 0 Å². The first kappa shape index (κ1) is 20.2. The molecule has 2 saturated carbocycles. The molecule has 1 aromatic rings. The van der Waals surface area contributed by atoms with Gasteiger partial charge in [0.15, 0.2) is 17.3 Å². The molecule has 0 heterocycles. The first-order chi connectivity index (χ1) is 12.7. The van der Waals surface area contributed by atoms with E-state index in [0.29, 0.717) is 24.5 Å². The lowest BCUT2D eigenvalue weighted by Gasteiger charge is -2.39. The van der Waals surface area contributed by atoms with Crippen LogP contribution in [0, 0.1) is 16.2 Å². The number of halogens is 1. The van der Waals surface area contributed by atoms with Crippen LogP contribution in [0.5, 0.6) is 11.5 Å². The Morgan fingerprint density at radius 3 is 2.41 bits per heavy atom. The quantitative estimate of drug-likeness (QED) is 0.691. The Balaban J connectivity index is 1.71. The molecule has 27 heavy (non-hydrogen) atoms. The van der Waals surface area contributed by atoms with E-state index in [2.05, 4.69) is 35.1 Å². The van der Waals surface area contributed by atoms with Crippen molar-refractivity contribution in [2.45, 2.75) is 44.9 Å². The number of alkyl halides is 1. The molecule has 3 atom stereocenters. The molecule has 2 bridgehead atoms. The Morgan fingerprint density at radius 2 is 1.85 bits per heavy atom. The number of hydrogen-bond donors (Lipinski definition) is 1. The van der Waals surface area contributed by atoms with Gasteiger partial charge in [-0.25, -0.2) is 0 Å². The number of carbonyl (C=O) groups is 2. The second-order valence-corrected chi connectivity index (χ2v) is 9.27. The first-order valence-corrected chi connectivity index (χ1v) is 10.2. The molecule has 1 N–H and O–H groups in total. The third-order valence-corrected chi connectivity index (χ3v) is 8.47. The second kappa shape index (κ2) is 6.80. The number of nitrogens with one attached hydrogen (secondary N) is 1. The molecule has 2 aliphatic rings. The van der Waals surface area contributed by atoms with Gasteiger partial charge in [0.05, 0.1) is 24.5 Å². The fraction of sp³-hybridized carbons (Fsp3) is 0.619. The third-order valence-electron chi connectivity index (χ3n) is 7.27. The summed E-state index contributed by atoms with van der Waals surface area (Å²) in [5.41, 5.74) is -0.449. The molecule has 2 aliphatic carbocycles. The van der Waals surface area contributed by atoms with E-state index < -0.39 is 15.7 Å². The normalized spacial score (nSPS) is 31.0. The maximum atomic E-state index is 13.2. The summed E-state index contributed by atoms with van der Waals surface area (Å²) in [5.74, 6) is 1.50. The summed E-state index contributed by atoms with van der Waals surface area (Å²) < 4.78 is 10.6. The van der Waals surface area contributed by atoms with E-state index >= 15 is 0 Å². The van der Waals surface area contributed by atoms with Crippen LogP contribution >= 0.6 is 15.9 Å². The highest BCUT2D eigenvalue weighted by atomic mass is 79.9. The highest BCUT2D eigenvalue weighted by Gasteiger charge is 2.76. The number of benzene rings is 1. The number of ketones is 1. The van der Waals surface area contributed by atoms with Crippen LogP contribution in [-0.4, -0.2) is 37.3 Å². The summed E-state index contributed by atoms with van der Waals surface area (Å²) >= 11 is 3.56. The number of Topliss-reactive ketones (excluding diaryl/α,β-unsaturated/α-hetero) is 1. The number of carbonyl (C=O) groups excluding carboxylic acids is 2. The van der Waals surface area contributed by atoms with Crippen LogP contribution in [0.2, 0.25) is 0 Å². The SMILES string of the molecule is COc1ccc(CCNC(=O)[C@]23CC[C@](C)(C(=O)[C@@H]2Br)C3(C)C)cc1OC. The van der Waals surface area contributed by atoms with Crippen LogP contribution in [0.1, 0.15) is 39.2 Å². The van der Waals surface area contributed by atoms with E-state index in [1.807, 2.05) is 25.1 Å². The van der Waals surface area contributed by atoms with Crippen molar-refractivity contribution in [3.8, 4) is 11.5 Å². The lowest BCUT2D eigenvalue weighted by atomic mass is 9.64. The zero-order valence-corrected chi connectivity index (χ0v) is 18.2. The van der Waals surface area contributed by atoms with Gasteiger partial charge in [-0.05, 0) is 42.4 Å². The highest BCUT2D eigenvalue weighted by molar-refractivity contribution is 9.10. The second-order valence-electron chi connectivity index (χ2n) is 8.35. The summed E-state index contributed by atoms with van der Waals surface area (Å²) in [4.78, 5) is 25.6. The molecular formula is C21H28BrNO4. The zero-order chi connectivity index (χ0) is 20.0. The summed E-state index contributed by atoms with van der Waals surface area (Å²) in [6.07, 6.45) is 2.19. The standard InChI is InChI=1S/C21H28BrNO4/c1-19(2)20(3)9-10-21(19,16(22)17(20)24)18(25)23-11-8-13-6-7-14(26-4)15(12-13)27-5/h6-7,12,16H,8-11H2,1-5H3,(H,23,25)/t16-,20+,21-/m0/s1. The predicted molar refractivity (Wildman–Crippen MR) is 108 cm³/mol. The minimum atomic E-state index is -0.684.